The fourth-order valence-corrected chi connectivity index (χ4v) is 1.43. The molecule has 1 aromatic heterocycles. The van der Waals surface area contributed by atoms with E-state index in [9.17, 15) is 10.1 Å². The van der Waals surface area contributed by atoms with E-state index in [1.807, 2.05) is 0 Å². The van der Waals surface area contributed by atoms with Gasteiger partial charge in [0.05, 0.1) is 17.8 Å². The van der Waals surface area contributed by atoms with E-state index < -0.39 is 4.92 Å². The van der Waals surface area contributed by atoms with Crippen LogP contribution in [0, 0.1) is 10.1 Å². The van der Waals surface area contributed by atoms with Crippen LogP contribution in [-0.4, -0.2) is 20.6 Å². The number of aromatic nitrogens is 2. The van der Waals surface area contributed by atoms with E-state index in [0.29, 0.717) is 16.9 Å². The summed E-state index contributed by atoms with van der Waals surface area (Å²) in [5, 5.41) is 14.1. The Labute approximate surface area is 88.0 Å². The summed E-state index contributed by atoms with van der Waals surface area (Å²) in [6.07, 6.45) is 2.32. The SMILES string of the molecule is O=[N+]([O-])c1nn(CCCCl)cc1Br. The molecule has 72 valence electrons. The predicted molar refractivity (Wildman–Crippen MR) is 51.9 cm³/mol. The first-order chi connectivity index (χ1) is 6.15. The number of nitrogens with zero attached hydrogens (tertiary/aromatic N) is 3. The molecule has 1 aromatic rings. The molecule has 0 saturated carbocycles. The number of halogens is 2. The molecular formula is C6H7BrClN3O2. The summed E-state index contributed by atoms with van der Waals surface area (Å²) in [5.41, 5.74) is 0. The van der Waals surface area contributed by atoms with Crippen molar-refractivity contribution in [2.24, 2.45) is 0 Å². The molecule has 0 aromatic carbocycles. The van der Waals surface area contributed by atoms with E-state index in [-0.39, 0.29) is 5.82 Å². The van der Waals surface area contributed by atoms with Crippen LogP contribution in [0.2, 0.25) is 0 Å². The van der Waals surface area contributed by atoms with Gasteiger partial charge in [-0.1, -0.05) is 0 Å². The van der Waals surface area contributed by atoms with Crippen molar-refractivity contribution in [1.82, 2.24) is 9.78 Å². The topological polar surface area (TPSA) is 61.0 Å². The van der Waals surface area contributed by atoms with Crippen LogP contribution in [0.15, 0.2) is 10.7 Å². The lowest BCUT2D eigenvalue weighted by atomic mass is 10.5. The van der Waals surface area contributed by atoms with Crippen molar-refractivity contribution >= 4 is 33.3 Å². The minimum absolute atomic E-state index is 0.158. The fraction of sp³-hybridized carbons (Fsp3) is 0.500. The molecule has 1 rings (SSSR count). The van der Waals surface area contributed by atoms with Crippen molar-refractivity contribution in [3.63, 3.8) is 0 Å². The minimum atomic E-state index is -0.527. The smallest absolute Gasteiger partial charge is 0.358 e. The van der Waals surface area contributed by atoms with Crippen LogP contribution in [0.3, 0.4) is 0 Å². The highest BCUT2D eigenvalue weighted by molar-refractivity contribution is 9.10. The van der Waals surface area contributed by atoms with Crippen molar-refractivity contribution in [1.29, 1.82) is 0 Å². The summed E-state index contributed by atoms with van der Waals surface area (Å²) in [6, 6.07) is 0. The molecule has 0 bridgehead atoms. The molecule has 0 amide bonds. The van der Waals surface area contributed by atoms with Crippen LogP contribution in [0.1, 0.15) is 6.42 Å². The Balaban J connectivity index is 2.76. The fourth-order valence-electron chi connectivity index (χ4n) is 0.847. The molecule has 0 fully saturated rings. The van der Waals surface area contributed by atoms with Gasteiger partial charge < -0.3 is 10.1 Å². The van der Waals surface area contributed by atoms with Gasteiger partial charge in [-0.05, 0) is 27.3 Å². The van der Waals surface area contributed by atoms with Crippen LogP contribution in [0.25, 0.3) is 0 Å². The molecule has 0 unspecified atom stereocenters. The van der Waals surface area contributed by atoms with Crippen molar-refractivity contribution < 1.29 is 4.92 Å². The molecule has 0 aliphatic rings. The van der Waals surface area contributed by atoms with Gasteiger partial charge in [0.15, 0.2) is 0 Å². The first-order valence-corrected chi connectivity index (χ1v) is 4.91. The number of aryl methyl sites for hydroxylation is 1. The lowest BCUT2D eigenvalue weighted by Gasteiger charge is -1.90. The van der Waals surface area contributed by atoms with Crippen LogP contribution >= 0.6 is 27.5 Å². The molecule has 0 atom stereocenters. The summed E-state index contributed by atoms with van der Waals surface area (Å²) in [5.74, 6) is 0.361. The Morgan fingerprint density at radius 2 is 2.46 bits per heavy atom. The Morgan fingerprint density at radius 1 is 1.77 bits per heavy atom. The van der Waals surface area contributed by atoms with Crippen LogP contribution in [0.5, 0.6) is 0 Å². The highest BCUT2D eigenvalue weighted by atomic mass is 79.9. The maximum absolute atomic E-state index is 10.4. The summed E-state index contributed by atoms with van der Waals surface area (Å²) in [4.78, 5) is 9.86. The Kier molecular flexibility index (Phi) is 3.68. The third-order valence-electron chi connectivity index (χ3n) is 1.39. The minimum Gasteiger partial charge on any atom is -0.358 e. The average molecular weight is 268 g/mol. The first kappa shape index (κ1) is 10.5. The van der Waals surface area contributed by atoms with Gasteiger partial charge in [0.1, 0.15) is 4.47 Å². The van der Waals surface area contributed by atoms with E-state index in [2.05, 4.69) is 21.0 Å². The highest BCUT2D eigenvalue weighted by Crippen LogP contribution is 2.21. The van der Waals surface area contributed by atoms with Crippen LogP contribution in [-0.2, 0) is 6.54 Å². The van der Waals surface area contributed by atoms with Crippen molar-refractivity contribution in [3.05, 3.63) is 20.8 Å². The van der Waals surface area contributed by atoms with E-state index >= 15 is 0 Å². The van der Waals surface area contributed by atoms with Crippen molar-refractivity contribution in [2.75, 3.05) is 5.88 Å². The molecule has 5 nitrogen and oxygen atoms in total. The van der Waals surface area contributed by atoms with Crippen molar-refractivity contribution in [2.45, 2.75) is 13.0 Å². The van der Waals surface area contributed by atoms with Gasteiger partial charge in [-0.25, -0.2) is 0 Å². The van der Waals surface area contributed by atoms with Gasteiger partial charge in [-0.2, -0.15) is 4.68 Å². The zero-order valence-electron chi connectivity index (χ0n) is 6.61. The maximum atomic E-state index is 10.4. The zero-order chi connectivity index (χ0) is 9.84. The molecule has 0 spiro atoms. The van der Waals surface area contributed by atoms with Gasteiger partial charge in [0.2, 0.25) is 0 Å². The second kappa shape index (κ2) is 4.57. The van der Waals surface area contributed by atoms with E-state index in [0.717, 1.165) is 6.42 Å². The molecule has 1 heterocycles. The van der Waals surface area contributed by atoms with E-state index in [4.69, 9.17) is 11.6 Å². The molecule has 7 heteroatoms. The molecule has 0 aliphatic heterocycles. The quantitative estimate of drug-likeness (QED) is 0.478. The van der Waals surface area contributed by atoms with Gasteiger partial charge in [-0.3, -0.25) is 0 Å². The van der Waals surface area contributed by atoms with Gasteiger partial charge in [0, 0.05) is 5.88 Å². The van der Waals surface area contributed by atoms with Gasteiger partial charge in [0.25, 0.3) is 0 Å². The molecule has 0 saturated heterocycles. The molecular weight excluding hydrogens is 261 g/mol. The summed E-state index contributed by atoms with van der Waals surface area (Å²) in [7, 11) is 0. The summed E-state index contributed by atoms with van der Waals surface area (Å²) in [6.45, 7) is 0.593. The molecule has 0 aliphatic carbocycles. The number of alkyl halides is 1. The van der Waals surface area contributed by atoms with Gasteiger partial charge >= 0.3 is 5.82 Å². The monoisotopic (exact) mass is 267 g/mol. The number of hydrogen-bond donors (Lipinski definition) is 0. The lowest BCUT2D eigenvalue weighted by molar-refractivity contribution is -0.390. The Bertz CT molecular complexity index is 315. The second-order valence-electron chi connectivity index (χ2n) is 2.36. The van der Waals surface area contributed by atoms with Gasteiger partial charge in [-0.15, -0.1) is 11.6 Å². The highest BCUT2D eigenvalue weighted by Gasteiger charge is 2.17. The third-order valence-corrected chi connectivity index (χ3v) is 2.22. The normalized spacial score (nSPS) is 10.3. The summed E-state index contributed by atoms with van der Waals surface area (Å²) >= 11 is 8.53. The standard InChI is InChI=1S/C6H7BrClN3O2/c7-5-4-10(3-1-2-8)9-6(5)11(12)13/h4H,1-3H2. The second-order valence-corrected chi connectivity index (χ2v) is 3.60. The van der Waals surface area contributed by atoms with E-state index in [1.54, 1.807) is 6.20 Å². The maximum Gasteiger partial charge on any atom is 0.404 e. The number of hydrogen-bond acceptors (Lipinski definition) is 3. The first-order valence-electron chi connectivity index (χ1n) is 3.58. The molecule has 13 heavy (non-hydrogen) atoms. The Morgan fingerprint density at radius 3 is 2.92 bits per heavy atom. The average Bonchev–Trinajstić information content (AvgIpc) is 2.43. The summed E-state index contributed by atoms with van der Waals surface area (Å²) < 4.78 is 1.90. The Hall–Kier alpha value is -0.620. The van der Waals surface area contributed by atoms with Crippen LogP contribution < -0.4 is 0 Å². The third kappa shape index (κ3) is 2.67. The predicted octanol–water partition coefficient (Wildman–Crippen LogP) is 2.18. The van der Waals surface area contributed by atoms with E-state index in [1.165, 1.54) is 4.68 Å². The lowest BCUT2D eigenvalue weighted by Crippen LogP contribution is -2.00. The zero-order valence-corrected chi connectivity index (χ0v) is 8.95. The molecule has 0 radical (unpaired) electrons. The number of rotatable bonds is 4. The van der Waals surface area contributed by atoms with Crippen LogP contribution in [0.4, 0.5) is 5.82 Å². The molecule has 0 N–H and O–H groups in total. The van der Waals surface area contributed by atoms with Crippen molar-refractivity contribution in [3.8, 4) is 0 Å². The number of nitro groups is 1. The largest absolute Gasteiger partial charge is 0.404 e.